The van der Waals surface area contributed by atoms with Gasteiger partial charge in [-0.15, -0.1) is 0 Å². The first-order chi connectivity index (χ1) is 10.9. The van der Waals surface area contributed by atoms with Gasteiger partial charge in [0.25, 0.3) is 11.6 Å². The van der Waals surface area contributed by atoms with E-state index >= 15 is 0 Å². The van der Waals surface area contributed by atoms with E-state index in [-0.39, 0.29) is 30.4 Å². The molecule has 0 unspecified atom stereocenters. The number of nitrogens with zero attached hydrogens (tertiary/aromatic N) is 2. The molecule has 1 amide bonds. The van der Waals surface area contributed by atoms with Gasteiger partial charge in [0.15, 0.2) is 0 Å². The zero-order valence-corrected chi connectivity index (χ0v) is 14.4. The van der Waals surface area contributed by atoms with E-state index in [1.807, 2.05) is 27.7 Å². The number of aliphatic hydroxyl groups is 1. The third-order valence-corrected chi connectivity index (χ3v) is 4.32. The second kappa shape index (κ2) is 7.08. The normalized spacial score (nSPS) is 14.2. The first-order valence-electron chi connectivity index (χ1n) is 8.07. The number of nitrogens with one attached hydrogen (secondary N) is 1. The van der Waals surface area contributed by atoms with E-state index in [2.05, 4.69) is 15.5 Å². The molecular weight excluding hydrogens is 294 g/mol. The molecule has 0 saturated heterocycles. The molecule has 2 aromatic rings. The molecule has 0 saturated carbocycles. The molecule has 0 spiro atoms. The van der Waals surface area contributed by atoms with Crippen LogP contribution in [0.25, 0.3) is 11.1 Å². The number of fused-ring (bicyclic) bond motifs is 1. The summed E-state index contributed by atoms with van der Waals surface area (Å²) in [5.74, 6) is 0.124. The summed E-state index contributed by atoms with van der Waals surface area (Å²) in [4.78, 5) is 17.2. The SMILES string of the molecule is CC[C@H](C)[C@@H](CO)NC(=O)c1cc(C(C)C)nc2onc(C)c12. The lowest BCUT2D eigenvalue weighted by atomic mass is 9.98. The monoisotopic (exact) mass is 319 g/mol. The van der Waals surface area contributed by atoms with Gasteiger partial charge in [0.05, 0.1) is 29.3 Å². The number of hydrogen-bond donors (Lipinski definition) is 2. The Hall–Kier alpha value is -1.95. The van der Waals surface area contributed by atoms with Crippen molar-refractivity contribution in [1.82, 2.24) is 15.5 Å². The quantitative estimate of drug-likeness (QED) is 0.854. The van der Waals surface area contributed by atoms with E-state index < -0.39 is 0 Å². The summed E-state index contributed by atoms with van der Waals surface area (Å²) >= 11 is 0. The molecule has 23 heavy (non-hydrogen) atoms. The van der Waals surface area contributed by atoms with Crippen LogP contribution in [0.5, 0.6) is 0 Å². The molecular formula is C17H25N3O3. The van der Waals surface area contributed by atoms with Crippen molar-refractivity contribution >= 4 is 17.0 Å². The molecule has 2 atom stereocenters. The summed E-state index contributed by atoms with van der Waals surface area (Å²) in [6, 6.07) is 1.51. The minimum Gasteiger partial charge on any atom is -0.394 e. The van der Waals surface area contributed by atoms with Crippen LogP contribution in [0.2, 0.25) is 0 Å². The van der Waals surface area contributed by atoms with Crippen molar-refractivity contribution < 1.29 is 14.4 Å². The Morgan fingerprint density at radius 2 is 2.09 bits per heavy atom. The Morgan fingerprint density at radius 1 is 1.39 bits per heavy atom. The van der Waals surface area contributed by atoms with E-state index in [0.717, 1.165) is 12.1 Å². The maximum Gasteiger partial charge on any atom is 0.259 e. The number of hydrogen-bond acceptors (Lipinski definition) is 5. The highest BCUT2D eigenvalue weighted by atomic mass is 16.5. The van der Waals surface area contributed by atoms with Crippen LogP contribution in [-0.4, -0.2) is 33.8 Å². The molecule has 0 aliphatic carbocycles. The molecule has 2 rings (SSSR count). The molecule has 0 fully saturated rings. The van der Waals surface area contributed by atoms with E-state index in [1.165, 1.54) is 0 Å². The first kappa shape index (κ1) is 17.4. The fourth-order valence-corrected chi connectivity index (χ4v) is 2.49. The maximum atomic E-state index is 12.8. The van der Waals surface area contributed by atoms with Crippen molar-refractivity contribution in [1.29, 1.82) is 0 Å². The van der Waals surface area contributed by atoms with Crippen molar-refractivity contribution in [3.05, 3.63) is 23.0 Å². The van der Waals surface area contributed by atoms with Gasteiger partial charge in [-0.25, -0.2) is 4.98 Å². The number of aliphatic hydroxyl groups excluding tert-OH is 1. The van der Waals surface area contributed by atoms with Crippen LogP contribution in [0.15, 0.2) is 10.6 Å². The summed E-state index contributed by atoms with van der Waals surface area (Å²) in [6.07, 6.45) is 0.876. The van der Waals surface area contributed by atoms with Gasteiger partial charge in [-0.05, 0) is 24.8 Å². The molecule has 0 aliphatic rings. The summed E-state index contributed by atoms with van der Waals surface area (Å²) in [6.45, 7) is 9.76. The van der Waals surface area contributed by atoms with Gasteiger partial charge in [0, 0.05) is 5.69 Å². The molecule has 0 aromatic carbocycles. The highest BCUT2D eigenvalue weighted by Gasteiger charge is 2.23. The lowest BCUT2D eigenvalue weighted by Gasteiger charge is -2.22. The highest BCUT2D eigenvalue weighted by Crippen LogP contribution is 2.25. The Labute approximate surface area is 136 Å². The number of aromatic nitrogens is 2. The van der Waals surface area contributed by atoms with Gasteiger partial charge < -0.3 is 14.9 Å². The predicted molar refractivity (Wildman–Crippen MR) is 88.4 cm³/mol. The van der Waals surface area contributed by atoms with Crippen LogP contribution in [0.1, 0.15) is 61.8 Å². The summed E-state index contributed by atoms with van der Waals surface area (Å²) in [7, 11) is 0. The number of carbonyl (C=O) groups excluding carboxylic acids is 1. The van der Waals surface area contributed by atoms with Gasteiger partial charge in [-0.1, -0.05) is 39.3 Å². The standard InChI is InChI=1S/C17H25N3O3/c1-6-10(4)14(8-21)18-16(22)12-7-13(9(2)3)19-17-15(12)11(5)20-23-17/h7,9-10,14,21H,6,8H2,1-5H3,(H,18,22)/t10-,14+/m0/s1. The lowest BCUT2D eigenvalue weighted by molar-refractivity contribution is 0.0893. The van der Waals surface area contributed by atoms with Gasteiger partial charge in [-0.2, -0.15) is 0 Å². The van der Waals surface area contributed by atoms with Crippen molar-refractivity contribution in [2.45, 2.75) is 53.0 Å². The number of aryl methyl sites for hydroxylation is 1. The van der Waals surface area contributed by atoms with Crippen molar-refractivity contribution in [2.24, 2.45) is 5.92 Å². The minimum atomic E-state index is -0.279. The molecule has 126 valence electrons. The molecule has 2 aromatic heterocycles. The first-order valence-corrected chi connectivity index (χ1v) is 8.07. The van der Waals surface area contributed by atoms with Gasteiger partial charge >= 0.3 is 0 Å². The van der Waals surface area contributed by atoms with Gasteiger partial charge in [-0.3, -0.25) is 4.79 Å². The number of rotatable bonds is 6. The molecule has 6 heteroatoms. The average Bonchev–Trinajstić information content (AvgIpc) is 2.92. The van der Waals surface area contributed by atoms with E-state index in [1.54, 1.807) is 13.0 Å². The second-order valence-corrected chi connectivity index (χ2v) is 6.35. The Kier molecular flexibility index (Phi) is 5.36. The summed E-state index contributed by atoms with van der Waals surface area (Å²) < 4.78 is 5.24. The molecule has 0 aliphatic heterocycles. The minimum absolute atomic E-state index is 0.0887. The molecule has 0 radical (unpaired) electrons. The fourth-order valence-electron chi connectivity index (χ4n) is 2.49. The molecule has 2 N–H and O–H groups in total. The Morgan fingerprint density at radius 3 is 2.65 bits per heavy atom. The van der Waals surface area contributed by atoms with Gasteiger partial charge in [0.2, 0.25) is 0 Å². The third kappa shape index (κ3) is 3.52. The number of pyridine rings is 1. The van der Waals surface area contributed by atoms with Crippen LogP contribution in [-0.2, 0) is 0 Å². The fraction of sp³-hybridized carbons (Fsp3) is 0.588. The number of amides is 1. The molecule has 6 nitrogen and oxygen atoms in total. The lowest BCUT2D eigenvalue weighted by Crippen LogP contribution is -2.42. The summed E-state index contributed by atoms with van der Waals surface area (Å²) in [5, 5.41) is 17.0. The Balaban J connectivity index is 2.44. The molecule has 2 heterocycles. The maximum absolute atomic E-state index is 12.8. The zero-order valence-electron chi connectivity index (χ0n) is 14.4. The van der Waals surface area contributed by atoms with Crippen molar-refractivity contribution in [3.8, 4) is 0 Å². The average molecular weight is 319 g/mol. The second-order valence-electron chi connectivity index (χ2n) is 6.35. The third-order valence-electron chi connectivity index (χ3n) is 4.32. The van der Waals surface area contributed by atoms with E-state index in [4.69, 9.17) is 4.52 Å². The van der Waals surface area contributed by atoms with Gasteiger partial charge in [0.1, 0.15) is 0 Å². The smallest absolute Gasteiger partial charge is 0.259 e. The number of carbonyl (C=O) groups is 1. The van der Waals surface area contributed by atoms with Crippen LogP contribution < -0.4 is 5.32 Å². The van der Waals surface area contributed by atoms with E-state index in [0.29, 0.717) is 22.4 Å². The Bertz CT molecular complexity index is 694. The topological polar surface area (TPSA) is 88.2 Å². The van der Waals surface area contributed by atoms with Crippen LogP contribution in [0.4, 0.5) is 0 Å². The molecule has 0 bridgehead atoms. The summed E-state index contributed by atoms with van der Waals surface area (Å²) in [5.41, 5.74) is 2.29. The van der Waals surface area contributed by atoms with Crippen molar-refractivity contribution in [2.75, 3.05) is 6.61 Å². The van der Waals surface area contributed by atoms with Crippen LogP contribution in [0.3, 0.4) is 0 Å². The van der Waals surface area contributed by atoms with E-state index in [9.17, 15) is 9.90 Å². The predicted octanol–water partition coefficient (Wildman–Crippen LogP) is 2.79. The highest BCUT2D eigenvalue weighted by molar-refractivity contribution is 6.06. The zero-order chi connectivity index (χ0) is 17.1. The van der Waals surface area contributed by atoms with Crippen molar-refractivity contribution in [3.63, 3.8) is 0 Å². The largest absolute Gasteiger partial charge is 0.394 e. The van der Waals surface area contributed by atoms with Crippen LogP contribution >= 0.6 is 0 Å². The van der Waals surface area contributed by atoms with Crippen LogP contribution in [0, 0.1) is 12.8 Å².